The molecule has 0 unspecified atom stereocenters. The molecule has 1 heterocycles. The molecule has 1 aromatic carbocycles. The molecular formula is C20H26N4OS. The molecule has 0 radical (unpaired) electrons. The van der Waals surface area contributed by atoms with Crippen LogP contribution in [0.5, 0.6) is 0 Å². The zero-order valence-electron chi connectivity index (χ0n) is 15.4. The smallest absolute Gasteiger partial charge is 0.224 e. The number of nitrogens with one attached hydrogen (secondary N) is 2. The molecule has 2 aliphatic rings. The summed E-state index contributed by atoms with van der Waals surface area (Å²) in [6, 6.07) is 8.92. The van der Waals surface area contributed by atoms with E-state index < -0.39 is 0 Å². The molecule has 0 saturated heterocycles. The van der Waals surface area contributed by atoms with E-state index in [0.717, 1.165) is 25.1 Å². The number of H-pyrrole nitrogens is 1. The topological polar surface area (TPSA) is 62.7 Å². The maximum atomic E-state index is 12.7. The van der Waals surface area contributed by atoms with Crippen molar-refractivity contribution in [3.8, 4) is 0 Å². The van der Waals surface area contributed by atoms with Crippen LogP contribution in [0.25, 0.3) is 0 Å². The number of amides is 1. The van der Waals surface area contributed by atoms with Crippen LogP contribution in [0.1, 0.15) is 56.1 Å². The number of hydrogen-bond acceptors (Lipinski definition) is 3. The van der Waals surface area contributed by atoms with Crippen LogP contribution >= 0.6 is 12.2 Å². The van der Waals surface area contributed by atoms with Crippen LogP contribution in [0.2, 0.25) is 0 Å². The van der Waals surface area contributed by atoms with Crippen molar-refractivity contribution in [1.29, 1.82) is 0 Å². The van der Waals surface area contributed by atoms with Crippen molar-refractivity contribution in [3.63, 3.8) is 0 Å². The molecule has 1 amide bonds. The first-order valence-electron chi connectivity index (χ1n) is 9.55. The van der Waals surface area contributed by atoms with Crippen molar-refractivity contribution >= 4 is 18.1 Å². The molecule has 4 rings (SSSR count). The van der Waals surface area contributed by atoms with Crippen LogP contribution in [0, 0.1) is 10.7 Å². The zero-order chi connectivity index (χ0) is 18.3. The highest BCUT2D eigenvalue weighted by molar-refractivity contribution is 7.71. The monoisotopic (exact) mass is 370 g/mol. The molecule has 1 saturated carbocycles. The SMILES string of the molecule is CC(C)n1c(CCNC(=O)[C@H]2C[C@@]23CCCc2ccccc23)n[nH]c1=S. The predicted molar refractivity (Wildman–Crippen MR) is 104 cm³/mol. The van der Waals surface area contributed by atoms with E-state index in [4.69, 9.17) is 12.2 Å². The van der Waals surface area contributed by atoms with Crippen LogP contribution in [0.15, 0.2) is 24.3 Å². The number of rotatable bonds is 5. The number of hydrogen-bond donors (Lipinski definition) is 2. The Morgan fingerprint density at radius 3 is 3.08 bits per heavy atom. The highest BCUT2D eigenvalue weighted by atomic mass is 32.1. The fourth-order valence-electron chi connectivity index (χ4n) is 4.64. The summed E-state index contributed by atoms with van der Waals surface area (Å²) >= 11 is 5.28. The summed E-state index contributed by atoms with van der Waals surface area (Å²) in [6.45, 7) is 4.77. The van der Waals surface area contributed by atoms with Gasteiger partial charge in [0.1, 0.15) is 5.82 Å². The Hall–Kier alpha value is -1.95. The van der Waals surface area contributed by atoms with E-state index in [9.17, 15) is 4.79 Å². The quantitative estimate of drug-likeness (QED) is 0.792. The number of carbonyl (C=O) groups is 1. The maximum absolute atomic E-state index is 12.7. The highest BCUT2D eigenvalue weighted by Gasteiger charge is 2.59. The van der Waals surface area contributed by atoms with Gasteiger partial charge in [0.2, 0.25) is 5.91 Å². The minimum absolute atomic E-state index is 0.0941. The summed E-state index contributed by atoms with van der Waals surface area (Å²) in [7, 11) is 0. The zero-order valence-corrected chi connectivity index (χ0v) is 16.2. The first-order valence-corrected chi connectivity index (χ1v) is 9.95. The minimum Gasteiger partial charge on any atom is -0.355 e. The maximum Gasteiger partial charge on any atom is 0.224 e. The van der Waals surface area contributed by atoms with Gasteiger partial charge in [-0.05, 0) is 62.9 Å². The number of benzene rings is 1. The third kappa shape index (κ3) is 2.90. The number of nitrogens with zero attached hydrogens (tertiary/aromatic N) is 2. The van der Waals surface area contributed by atoms with E-state index in [-0.39, 0.29) is 23.3 Å². The van der Waals surface area contributed by atoms with E-state index in [2.05, 4.69) is 53.6 Å². The number of carbonyl (C=O) groups excluding carboxylic acids is 1. The summed E-state index contributed by atoms with van der Waals surface area (Å²) in [5, 5.41) is 10.3. The number of aryl methyl sites for hydroxylation is 1. The van der Waals surface area contributed by atoms with Crippen molar-refractivity contribution in [2.45, 2.75) is 57.4 Å². The molecule has 1 spiro atoms. The average molecular weight is 371 g/mol. The minimum atomic E-state index is 0.0941. The Kier molecular flexibility index (Phi) is 4.47. The Bertz CT molecular complexity index is 884. The number of fused-ring (bicyclic) bond motifs is 2. The van der Waals surface area contributed by atoms with Gasteiger partial charge in [0.25, 0.3) is 0 Å². The van der Waals surface area contributed by atoms with Crippen molar-refractivity contribution in [2.75, 3.05) is 6.54 Å². The molecule has 2 atom stereocenters. The van der Waals surface area contributed by atoms with Gasteiger partial charge in [-0.3, -0.25) is 9.89 Å². The van der Waals surface area contributed by atoms with Gasteiger partial charge >= 0.3 is 0 Å². The van der Waals surface area contributed by atoms with Crippen LogP contribution in [-0.2, 0) is 23.1 Å². The van der Waals surface area contributed by atoms with E-state index >= 15 is 0 Å². The third-order valence-electron chi connectivity index (χ3n) is 5.96. The lowest BCUT2D eigenvalue weighted by Gasteiger charge is -2.26. The summed E-state index contributed by atoms with van der Waals surface area (Å²) in [5.41, 5.74) is 2.94. The van der Waals surface area contributed by atoms with Crippen molar-refractivity contribution in [3.05, 3.63) is 46.0 Å². The average Bonchev–Trinajstić information content (AvgIpc) is 3.21. The highest BCUT2D eigenvalue weighted by Crippen LogP contribution is 2.60. The second-order valence-electron chi connectivity index (χ2n) is 7.87. The molecule has 1 aromatic heterocycles. The first-order chi connectivity index (χ1) is 12.5. The summed E-state index contributed by atoms with van der Waals surface area (Å²) in [5.74, 6) is 1.21. The van der Waals surface area contributed by atoms with Gasteiger partial charge in [-0.25, -0.2) is 0 Å². The lowest BCUT2D eigenvalue weighted by Crippen LogP contribution is -2.32. The van der Waals surface area contributed by atoms with Gasteiger partial charge in [0.05, 0.1) is 0 Å². The Balaban J connectivity index is 1.39. The Morgan fingerprint density at radius 1 is 1.46 bits per heavy atom. The second kappa shape index (κ2) is 6.65. The van der Waals surface area contributed by atoms with Gasteiger partial charge in [0.15, 0.2) is 4.77 Å². The molecule has 138 valence electrons. The third-order valence-corrected chi connectivity index (χ3v) is 6.24. The van der Waals surface area contributed by atoms with E-state index in [1.807, 2.05) is 4.57 Å². The normalized spacial score (nSPS) is 23.9. The van der Waals surface area contributed by atoms with Crippen molar-refractivity contribution < 1.29 is 4.79 Å². The van der Waals surface area contributed by atoms with E-state index in [0.29, 0.717) is 17.7 Å². The number of aromatic nitrogens is 3. The lowest BCUT2D eigenvalue weighted by atomic mass is 9.78. The standard InChI is InChI=1S/C20H26N4OS/c1-13(2)24-17(22-23-19(24)26)9-11-21-18(25)16-12-20(16)10-5-7-14-6-3-4-8-15(14)20/h3-4,6,8,13,16H,5,7,9-12H2,1-2H3,(H,21,25)(H,23,26)/t16-,20-/m1/s1. The van der Waals surface area contributed by atoms with Gasteiger partial charge in [-0.1, -0.05) is 24.3 Å². The van der Waals surface area contributed by atoms with Gasteiger partial charge in [-0.15, -0.1) is 0 Å². The largest absolute Gasteiger partial charge is 0.355 e. The molecule has 1 fully saturated rings. The van der Waals surface area contributed by atoms with E-state index in [1.54, 1.807) is 0 Å². The molecule has 0 aliphatic heterocycles. The molecule has 2 N–H and O–H groups in total. The fourth-order valence-corrected chi connectivity index (χ4v) is 5.00. The van der Waals surface area contributed by atoms with Gasteiger partial charge in [0, 0.05) is 30.3 Å². The van der Waals surface area contributed by atoms with Crippen LogP contribution in [0.4, 0.5) is 0 Å². The molecule has 0 bridgehead atoms. The Labute approximate surface area is 159 Å². The fraction of sp³-hybridized carbons (Fsp3) is 0.550. The van der Waals surface area contributed by atoms with Crippen molar-refractivity contribution in [2.24, 2.45) is 5.92 Å². The number of aromatic amines is 1. The van der Waals surface area contributed by atoms with Gasteiger partial charge in [-0.2, -0.15) is 5.10 Å². The van der Waals surface area contributed by atoms with Gasteiger partial charge < -0.3 is 9.88 Å². The molecule has 2 aromatic rings. The molecule has 6 heteroatoms. The first kappa shape index (κ1) is 17.5. The molecule has 26 heavy (non-hydrogen) atoms. The summed E-state index contributed by atoms with van der Waals surface area (Å²) in [6.07, 6.45) is 5.14. The van der Waals surface area contributed by atoms with Crippen LogP contribution in [-0.4, -0.2) is 27.2 Å². The van der Waals surface area contributed by atoms with Crippen LogP contribution in [0.3, 0.4) is 0 Å². The Morgan fingerprint density at radius 2 is 2.27 bits per heavy atom. The van der Waals surface area contributed by atoms with E-state index in [1.165, 1.54) is 17.5 Å². The molecule has 2 aliphatic carbocycles. The summed E-state index contributed by atoms with van der Waals surface area (Å²) in [4.78, 5) is 12.7. The van der Waals surface area contributed by atoms with Crippen molar-refractivity contribution in [1.82, 2.24) is 20.1 Å². The lowest BCUT2D eigenvalue weighted by molar-refractivity contribution is -0.122. The summed E-state index contributed by atoms with van der Waals surface area (Å²) < 4.78 is 2.65. The predicted octanol–water partition coefficient (Wildman–Crippen LogP) is 3.47. The van der Waals surface area contributed by atoms with Crippen LogP contribution < -0.4 is 5.32 Å². The molecule has 5 nitrogen and oxygen atoms in total. The second-order valence-corrected chi connectivity index (χ2v) is 8.26. The molecular weight excluding hydrogens is 344 g/mol.